The lowest BCUT2D eigenvalue weighted by Gasteiger charge is -2.40. The molecule has 384 valence electrons. The fourth-order valence-electron chi connectivity index (χ4n) is 9.08. The van der Waals surface area contributed by atoms with Gasteiger partial charge in [0.2, 0.25) is 5.91 Å². The number of carbonyl (C=O) groups excluding carboxylic acids is 1. The third-order valence-corrected chi connectivity index (χ3v) is 13.6. The molecule has 7 atom stereocenters. The average Bonchev–Trinajstić information content (AvgIpc) is 3.31. The van der Waals surface area contributed by atoms with Crippen LogP contribution in [0.4, 0.5) is 0 Å². The maximum atomic E-state index is 13.1. The molecule has 65 heavy (non-hydrogen) atoms. The van der Waals surface area contributed by atoms with Gasteiger partial charge in [-0.3, -0.25) is 4.79 Å². The molecule has 1 amide bonds. The molecule has 0 aromatic heterocycles. The van der Waals surface area contributed by atoms with Crippen molar-refractivity contribution >= 4 is 5.91 Å². The molecule has 0 spiro atoms. The van der Waals surface area contributed by atoms with Gasteiger partial charge in [-0.25, -0.2) is 0 Å². The minimum absolute atomic E-state index is 0.135. The van der Waals surface area contributed by atoms with Crippen LogP contribution in [0.1, 0.15) is 271 Å². The first-order chi connectivity index (χ1) is 31.8. The lowest BCUT2D eigenvalue weighted by molar-refractivity contribution is -0.302. The van der Waals surface area contributed by atoms with Crippen LogP contribution in [0.5, 0.6) is 0 Å². The van der Waals surface area contributed by atoms with Gasteiger partial charge in [0, 0.05) is 6.42 Å². The Labute approximate surface area is 400 Å². The van der Waals surface area contributed by atoms with Gasteiger partial charge in [-0.05, 0) is 44.9 Å². The summed E-state index contributed by atoms with van der Waals surface area (Å²) in [6.45, 7) is 3.85. The van der Waals surface area contributed by atoms with Gasteiger partial charge < -0.3 is 40.3 Å². The van der Waals surface area contributed by atoms with Crippen LogP contribution in [-0.2, 0) is 14.3 Å². The Morgan fingerprint density at radius 1 is 0.523 bits per heavy atom. The lowest BCUT2D eigenvalue weighted by Crippen LogP contribution is -2.60. The van der Waals surface area contributed by atoms with Crippen molar-refractivity contribution in [3.63, 3.8) is 0 Å². The predicted octanol–water partition coefficient (Wildman–Crippen LogP) is 13.4. The fourth-order valence-corrected chi connectivity index (χ4v) is 9.08. The Morgan fingerprint density at radius 2 is 0.908 bits per heavy atom. The first kappa shape index (κ1) is 61.7. The second-order valence-electron chi connectivity index (χ2n) is 19.7. The normalized spacial score (nSPS) is 20.0. The molecule has 1 saturated heterocycles. The number of hydrogen-bond donors (Lipinski definition) is 6. The third kappa shape index (κ3) is 36.3. The molecule has 0 radical (unpaired) electrons. The van der Waals surface area contributed by atoms with Crippen LogP contribution in [0.25, 0.3) is 0 Å². The van der Waals surface area contributed by atoms with E-state index in [-0.39, 0.29) is 12.5 Å². The summed E-state index contributed by atoms with van der Waals surface area (Å²) in [4.78, 5) is 13.1. The van der Waals surface area contributed by atoms with Crippen LogP contribution in [-0.4, -0.2) is 87.5 Å². The van der Waals surface area contributed by atoms with Gasteiger partial charge in [-0.2, -0.15) is 0 Å². The van der Waals surface area contributed by atoms with Crippen molar-refractivity contribution in [2.75, 3.05) is 13.2 Å². The van der Waals surface area contributed by atoms with Crippen LogP contribution in [0.2, 0.25) is 0 Å². The predicted molar refractivity (Wildman–Crippen MR) is 272 cm³/mol. The largest absolute Gasteiger partial charge is 0.394 e. The highest BCUT2D eigenvalue weighted by Crippen LogP contribution is 2.23. The van der Waals surface area contributed by atoms with Gasteiger partial charge in [0.05, 0.1) is 25.4 Å². The molecule has 0 bridgehead atoms. The Bertz CT molecular complexity index is 1070. The van der Waals surface area contributed by atoms with E-state index in [2.05, 4.69) is 43.5 Å². The van der Waals surface area contributed by atoms with Gasteiger partial charge in [0.15, 0.2) is 6.29 Å². The van der Waals surface area contributed by atoms with Gasteiger partial charge in [-0.1, -0.05) is 244 Å². The molecule has 1 aliphatic heterocycles. The zero-order valence-corrected chi connectivity index (χ0v) is 42.5. The molecule has 1 aliphatic rings. The van der Waals surface area contributed by atoms with Crippen molar-refractivity contribution in [1.29, 1.82) is 0 Å². The molecular formula is C56H107NO8. The van der Waals surface area contributed by atoms with E-state index in [1.54, 1.807) is 0 Å². The standard InChI is InChI=1S/C56H107NO8/c1-3-5-7-9-11-13-15-17-19-20-21-22-23-24-25-26-27-28-29-30-32-34-36-38-40-42-44-46-52(60)57-49(48-64-56-55(63)54(62)53(61)51(47-58)65-56)50(59)45-43-41-39-37-35-33-31-18-16-14-12-10-8-6-4-2/h15,17,20-21,49-51,53-56,58-59,61-63H,3-14,16,18-19,22-48H2,1-2H3,(H,57,60)/b17-15-,21-20-. The number of nitrogens with one attached hydrogen (secondary N) is 1. The van der Waals surface area contributed by atoms with Gasteiger partial charge >= 0.3 is 0 Å². The van der Waals surface area contributed by atoms with Gasteiger partial charge in [0.25, 0.3) is 0 Å². The molecule has 1 rings (SSSR count). The maximum Gasteiger partial charge on any atom is 0.220 e. The minimum atomic E-state index is -1.55. The fraction of sp³-hybridized carbons (Fsp3) is 0.911. The summed E-state index contributed by atoms with van der Waals surface area (Å²) in [5.41, 5.74) is 0. The minimum Gasteiger partial charge on any atom is -0.394 e. The van der Waals surface area contributed by atoms with E-state index in [4.69, 9.17) is 9.47 Å². The molecule has 0 aliphatic carbocycles. The van der Waals surface area contributed by atoms with E-state index >= 15 is 0 Å². The topological polar surface area (TPSA) is 149 Å². The molecule has 9 nitrogen and oxygen atoms in total. The molecule has 0 saturated carbocycles. The molecule has 0 aromatic carbocycles. The van der Waals surface area contributed by atoms with E-state index in [1.165, 1.54) is 199 Å². The van der Waals surface area contributed by atoms with E-state index in [1.807, 2.05) is 0 Å². The van der Waals surface area contributed by atoms with E-state index in [0.29, 0.717) is 12.8 Å². The summed E-state index contributed by atoms with van der Waals surface area (Å²) < 4.78 is 11.3. The SMILES string of the molecule is CCCCCCC/C=C\C/C=C\CCCCCCCCCCCCCCCCCC(=O)NC(COC1OC(CO)C(O)C(O)C1O)C(O)CCCCCCCCCCCCCCCCC. The van der Waals surface area contributed by atoms with Crippen molar-refractivity contribution in [2.24, 2.45) is 0 Å². The van der Waals surface area contributed by atoms with E-state index in [9.17, 15) is 30.3 Å². The van der Waals surface area contributed by atoms with Crippen molar-refractivity contribution in [3.05, 3.63) is 24.3 Å². The summed E-state index contributed by atoms with van der Waals surface area (Å²) in [5.74, 6) is -0.141. The molecule has 1 fully saturated rings. The van der Waals surface area contributed by atoms with Crippen LogP contribution in [0.3, 0.4) is 0 Å². The van der Waals surface area contributed by atoms with E-state index in [0.717, 1.165) is 44.9 Å². The number of hydrogen-bond acceptors (Lipinski definition) is 8. The molecule has 6 N–H and O–H groups in total. The number of aliphatic hydroxyl groups is 5. The van der Waals surface area contributed by atoms with Crippen molar-refractivity contribution < 1.29 is 39.8 Å². The summed E-state index contributed by atoms with van der Waals surface area (Å²) in [6.07, 6.45) is 50.6. The summed E-state index contributed by atoms with van der Waals surface area (Å²) in [5, 5.41) is 54.6. The highest BCUT2D eigenvalue weighted by Gasteiger charge is 2.44. The number of aliphatic hydroxyl groups excluding tert-OH is 5. The quantitative estimate of drug-likeness (QED) is 0.0261. The third-order valence-electron chi connectivity index (χ3n) is 13.6. The molecule has 1 heterocycles. The zero-order valence-electron chi connectivity index (χ0n) is 42.5. The highest BCUT2D eigenvalue weighted by molar-refractivity contribution is 5.76. The Kier molecular flexibility index (Phi) is 44.0. The number of unbranched alkanes of at least 4 members (excludes halogenated alkanes) is 34. The van der Waals surface area contributed by atoms with Crippen LogP contribution < -0.4 is 5.32 Å². The summed E-state index contributed by atoms with van der Waals surface area (Å²) >= 11 is 0. The maximum absolute atomic E-state index is 13.1. The molecule has 7 unspecified atom stereocenters. The Hall–Kier alpha value is -1.33. The number of ether oxygens (including phenoxy) is 2. The second-order valence-corrected chi connectivity index (χ2v) is 19.7. The Morgan fingerprint density at radius 3 is 1.32 bits per heavy atom. The van der Waals surface area contributed by atoms with E-state index < -0.39 is 49.5 Å². The first-order valence-corrected chi connectivity index (χ1v) is 28.0. The van der Waals surface area contributed by atoms with Crippen LogP contribution in [0.15, 0.2) is 24.3 Å². The molecular weight excluding hydrogens is 815 g/mol. The number of carbonyl (C=O) groups is 1. The summed E-state index contributed by atoms with van der Waals surface area (Å²) in [7, 11) is 0. The zero-order chi connectivity index (χ0) is 47.3. The van der Waals surface area contributed by atoms with Crippen molar-refractivity contribution in [1.82, 2.24) is 5.32 Å². The number of rotatable bonds is 48. The first-order valence-electron chi connectivity index (χ1n) is 28.0. The number of allylic oxidation sites excluding steroid dienone is 4. The number of amides is 1. The molecule has 9 heteroatoms. The second kappa shape index (κ2) is 46.4. The Balaban J connectivity index is 2.17. The van der Waals surface area contributed by atoms with Gasteiger partial charge in [-0.15, -0.1) is 0 Å². The van der Waals surface area contributed by atoms with Crippen LogP contribution >= 0.6 is 0 Å². The lowest BCUT2D eigenvalue weighted by atomic mass is 9.99. The average molecular weight is 922 g/mol. The monoisotopic (exact) mass is 922 g/mol. The smallest absolute Gasteiger partial charge is 0.220 e. The van der Waals surface area contributed by atoms with Gasteiger partial charge in [0.1, 0.15) is 24.4 Å². The van der Waals surface area contributed by atoms with Crippen LogP contribution in [0, 0.1) is 0 Å². The summed E-state index contributed by atoms with van der Waals surface area (Å²) in [6, 6.07) is -0.716. The van der Waals surface area contributed by atoms with Crippen molar-refractivity contribution in [2.45, 2.75) is 314 Å². The molecule has 0 aromatic rings. The van der Waals surface area contributed by atoms with Crippen molar-refractivity contribution in [3.8, 4) is 0 Å². The highest BCUT2D eigenvalue weighted by atomic mass is 16.7.